The Balaban J connectivity index is 1.80. The first-order valence-corrected chi connectivity index (χ1v) is 7.87. The van der Waals surface area contributed by atoms with E-state index >= 15 is 0 Å². The lowest BCUT2D eigenvalue weighted by Gasteiger charge is -2.35. The van der Waals surface area contributed by atoms with Gasteiger partial charge in [-0.25, -0.2) is 9.78 Å². The predicted molar refractivity (Wildman–Crippen MR) is 83.7 cm³/mol. The molecular weight excluding hydrogens is 312 g/mol. The summed E-state index contributed by atoms with van der Waals surface area (Å²) in [6.07, 6.45) is 7.73. The first-order chi connectivity index (χ1) is 11.6. The quantitative estimate of drug-likeness (QED) is 0.879. The van der Waals surface area contributed by atoms with Crippen LogP contribution in [0.4, 0.5) is 4.79 Å². The lowest BCUT2D eigenvalue weighted by molar-refractivity contribution is -0.0123. The first-order valence-electron chi connectivity index (χ1n) is 7.87. The van der Waals surface area contributed by atoms with Gasteiger partial charge in [-0.15, -0.1) is 5.10 Å². The highest BCUT2D eigenvalue weighted by Crippen LogP contribution is 2.34. The fourth-order valence-corrected chi connectivity index (χ4v) is 3.09. The molecule has 2 heterocycles. The average Bonchev–Trinajstić information content (AvgIpc) is 3.03. The number of rotatable bonds is 5. The van der Waals surface area contributed by atoms with Crippen molar-refractivity contribution in [3.8, 4) is 11.8 Å². The molecule has 0 spiro atoms. The third kappa shape index (κ3) is 3.61. The van der Waals surface area contributed by atoms with Gasteiger partial charge in [0.15, 0.2) is 0 Å². The van der Waals surface area contributed by atoms with Crippen molar-refractivity contribution >= 4 is 6.09 Å². The summed E-state index contributed by atoms with van der Waals surface area (Å²) in [6.45, 7) is 0. The van der Waals surface area contributed by atoms with Crippen LogP contribution in [0.15, 0.2) is 18.5 Å². The van der Waals surface area contributed by atoms with Crippen molar-refractivity contribution in [3.63, 3.8) is 0 Å². The molecule has 1 saturated carbocycles. The van der Waals surface area contributed by atoms with E-state index in [1.165, 1.54) is 11.8 Å². The van der Waals surface area contributed by atoms with E-state index in [2.05, 4.69) is 20.3 Å². The predicted octanol–water partition coefficient (Wildman–Crippen LogP) is 1.41. The molecule has 0 aliphatic heterocycles. The van der Waals surface area contributed by atoms with Gasteiger partial charge in [-0.3, -0.25) is 0 Å². The molecule has 2 aromatic rings. The van der Waals surface area contributed by atoms with Crippen LogP contribution in [-0.2, 0) is 11.2 Å². The van der Waals surface area contributed by atoms with Gasteiger partial charge < -0.3 is 15.2 Å². The van der Waals surface area contributed by atoms with E-state index in [4.69, 9.17) is 15.2 Å². The Hall–Kier alpha value is -2.71. The van der Waals surface area contributed by atoms with Crippen molar-refractivity contribution in [3.05, 3.63) is 24.2 Å². The van der Waals surface area contributed by atoms with Gasteiger partial charge in [-0.1, -0.05) is 11.6 Å². The number of amides is 1. The first kappa shape index (κ1) is 16.2. The van der Waals surface area contributed by atoms with Gasteiger partial charge in [0.05, 0.1) is 19.0 Å². The van der Waals surface area contributed by atoms with Crippen LogP contribution in [0.1, 0.15) is 37.8 Å². The van der Waals surface area contributed by atoms with Crippen LogP contribution < -0.4 is 10.5 Å². The Morgan fingerprint density at radius 3 is 2.88 bits per heavy atom. The Bertz CT molecular complexity index is 711. The number of nitrogens with zero attached hydrogens (tertiary/aromatic N) is 5. The number of aromatic nitrogens is 5. The largest absolute Gasteiger partial charge is 0.481 e. The molecule has 1 aliphatic rings. The van der Waals surface area contributed by atoms with E-state index in [9.17, 15) is 4.79 Å². The van der Waals surface area contributed by atoms with Crippen LogP contribution in [0.5, 0.6) is 5.88 Å². The number of methoxy groups -OCH3 is 1. The molecule has 9 nitrogen and oxygen atoms in total. The fraction of sp³-hybridized carbons (Fsp3) is 0.533. The number of hydrogen-bond donors (Lipinski definition) is 1. The molecule has 2 aromatic heterocycles. The van der Waals surface area contributed by atoms with Gasteiger partial charge in [-0.05, 0) is 25.7 Å². The zero-order valence-corrected chi connectivity index (χ0v) is 13.5. The van der Waals surface area contributed by atoms with E-state index in [0.717, 1.165) is 32.1 Å². The molecule has 24 heavy (non-hydrogen) atoms. The Labute approximate surface area is 139 Å². The highest BCUT2D eigenvalue weighted by atomic mass is 16.6. The lowest BCUT2D eigenvalue weighted by Crippen LogP contribution is -2.41. The highest BCUT2D eigenvalue weighted by Gasteiger charge is 2.36. The molecule has 0 bridgehead atoms. The van der Waals surface area contributed by atoms with Crippen LogP contribution in [0, 0.1) is 0 Å². The summed E-state index contributed by atoms with van der Waals surface area (Å²) >= 11 is 0. The second kappa shape index (κ2) is 6.81. The van der Waals surface area contributed by atoms with Gasteiger partial charge in [-0.2, -0.15) is 9.67 Å². The topological polar surface area (TPSA) is 118 Å². The maximum absolute atomic E-state index is 11.3. The molecule has 0 radical (unpaired) electrons. The summed E-state index contributed by atoms with van der Waals surface area (Å²) in [5.41, 5.74) is 5.36. The number of nitrogens with two attached hydrogens (primary N) is 1. The standard InChI is InChI=1S/C15H20N6O3/c1-23-12-5-8-17-14(18-12)21-10-11(19-20-21)9-15(24-13(16)22)6-3-2-4-7-15/h5,8,10H,2-4,6-7,9H2,1H3,(H2,16,22). The number of hydrogen-bond acceptors (Lipinski definition) is 7. The van der Waals surface area contributed by atoms with E-state index in [1.807, 2.05) is 0 Å². The van der Waals surface area contributed by atoms with Crippen molar-refractivity contribution in [2.75, 3.05) is 7.11 Å². The molecular formula is C15H20N6O3. The zero-order chi connectivity index (χ0) is 17.0. The summed E-state index contributed by atoms with van der Waals surface area (Å²) in [5.74, 6) is 0.805. The monoisotopic (exact) mass is 332 g/mol. The summed E-state index contributed by atoms with van der Waals surface area (Å²) in [6, 6.07) is 1.65. The molecule has 0 saturated heterocycles. The van der Waals surface area contributed by atoms with Crippen LogP contribution >= 0.6 is 0 Å². The average molecular weight is 332 g/mol. The minimum absolute atomic E-state index is 0.363. The summed E-state index contributed by atoms with van der Waals surface area (Å²) < 4.78 is 12.0. The number of ether oxygens (including phenoxy) is 2. The van der Waals surface area contributed by atoms with Gasteiger partial charge in [0.25, 0.3) is 5.95 Å². The molecule has 1 aliphatic carbocycles. The van der Waals surface area contributed by atoms with Crippen LogP contribution in [0.2, 0.25) is 0 Å². The van der Waals surface area contributed by atoms with Gasteiger partial charge in [0.2, 0.25) is 5.88 Å². The SMILES string of the molecule is COc1ccnc(-n2cc(CC3(OC(N)=O)CCCCC3)nn2)n1. The normalized spacial score (nSPS) is 16.5. The molecule has 0 unspecified atom stereocenters. The molecule has 0 atom stereocenters. The van der Waals surface area contributed by atoms with E-state index in [0.29, 0.717) is 23.9 Å². The molecule has 128 valence electrons. The van der Waals surface area contributed by atoms with Gasteiger partial charge >= 0.3 is 6.09 Å². The van der Waals surface area contributed by atoms with Crippen molar-refractivity contribution in [1.82, 2.24) is 25.0 Å². The summed E-state index contributed by atoms with van der Waals surface area (Å²) in [7, 11) is 1.53. The number of primary amides is 1. The van der Waals surface area contributed by atoms with Crippen LogP contribution in [0.3, 0.4) is 0 Å². The smallest absolute Gasteiger partial charge is 0.405 e. The third-order valence-corrected chi connectivity index (χ3v) is 4.16. The van der Waals surface area contributed by atoms with E-state index in [-0.39, 0.29) is 0 Å². The third-order valence-electron chi connectivity index (χ3n) is 4.16. The number of carbonyl (C=O) groups is 1. The summed E-state index contributed by atoms with van der Waals surface area (Å²) in [4.78, 5) is 19.6. The molecule has 1 amide bonds. The van der Waals surface area contributed by atoms with Gasteiger partial charge in [0.1, 0.15) is 5.60 Å². The molecule has 3 rings (SSSR count). The minimum Gasteiger partial charge on any atom is -0.481 e. The van der Waals surface area contributed by atoms with Crippen molar-refractivity contribution in [1.29, 1.82) is 0 Å². The molecule has 1 fully saturated rings. The Morgan fingerprint density at radius 2 is 2.17 bits per heavy atom. The molecule has 0 aromatic carbocycles. The Morgan fingerprint density at radius 1 is 1.38 bits per heavy atom. The van der Waals surface area contributed by atoms with Crippen molar-refractivity contribution < 1.29 is 14.3 Å². The summed E-state index contributed by atoms with van der Waals surface area (Å²) in [5, 5.41) is 8.21. The van der Waals surface area contributed by atoms with E-state index in [1.54, 1.807) is 18.5 Å². The van der Waals surface area contributed by atoms with Crippen LogP contribution in [-0.4, -0.2) is 43.8 Å². The van der Waals surface area contributed by atoms with Crippen molar-refractivity contribution in [2.45, 2.75) is 44.1 Å². The highest BCUT2D eigenvalue weighted by molar-refractivity contribution is 5.65. The van der Waals surface area contributed by atoms with E-state index < -0.39 is 11.7 Å². The Kier molecular flexibility index (Phi) is 4.59. The zero-order valence-electron chi connectivity index (χ0n) is 13.5. The lowest BCUT2D eigenvalue weighted by atomic mass is 9.81. The minimum atomic E-state index is -0.750. The van der Waals surface area contributed by atoms with Gasteiger partial charge in [0, 0.05) is 18.7 Å². The fourth-order valence-electron chi connectivity index (χ4n) is 3.09. The second-order valence-corrected chi connectivity index (χ2v) is 5.89. The molecule has 9 heteroatoms. The second-order valence-electron chi connectivity index (χ2n) is 5.89. The number of carbonyl (C=O) groups excluding carboxylic acids is 1. The maximum Gasteiger partial charge on any atom is 0.405 e. The van der Waals surface area contributed by atoms with Crippen molar-refractivity contribution in [2.24, 2.45) is 5.73 Å². The molecule has 2 N–H and O–H groups in total. The van der Waals surface area contributed by atoms with Crippen LogP contribution in [0.25, 0.3) is 5.95 Å². The maximum atomic E-state index is 11.3.